The fourth-order valence-corrected chi connectivity index (χ4v) is 3.36. The number of nitrogens with one attached hydrogen (secondary N) is 1. The minimum Gasteiger partial charge on any atom is -0.382 e. The van der Waals surface area contributed by atoms with Crippen LogP contribution in [0.1, 0.15) is 27.7 Å². The van der Waals surface area contributed by atoms with Crippen LogP contribution in [0.4, 0.5) is 10.8 Å². The van der Waals surface area contributed by atoms with Crippen molar-refractivity contribution in [1.29, 1.82) is 0 Å². The van der Waals surface area contributed by atoms with Crippen molar-refractivity contribution in [3.63, 3.8) is 0 Å². The Balaban J connectivity index is 3.04. The molecule has 0 aliphatic carbocycles. The van der Waals surface area contributed by atoms with Crippen molar-refractivity contribution in [2.24, 2.45) is 5.41 Å². The molecule has 0 spiro atoms. The maximum absolute atomic E-state index is 11.9. The van der Waals surface area contributed by atoms with E-state index < -0.39 is 9.84 Å². The second kappa shape index (κ2) is 4.81. The van der Waals surface area contributed by atoms with Gasteiger partial charge < -0.3 is 11.1 Å². The van der Waals surface area contributed by atoms with Crippen LogP contribution in [-0.4, -0.2) is 25.1 Å². The summed E-state index contributed by atoms with van der Waals surface area (Å²) in [6.45, 7) is 8.47. The average molecular weight is 277 g/mol. The maximum Gasteiger partial charge on any atom is 0.184 e. The van der Waals surface area contributed by atoms with Crippen molar-refractivity contribution in [2.45, 2.75) is 32.6 Å². The Morgan fingerprint density at radius 2 is 2.00 bits per heavy atom. The molecule has 1 rings (SSSR count). The lowest BCUT2D eigenvalue weighted by Gasteiger charge is -2.19. The molecule has 0 unspecified atom stereocenters. The van der Waals surface area contributed by atoms with E-state index in [4.69, 9.17) is 5.73 Å². The number of nitrogens with two attached hydrogens (primary N) is 1. The van der Waals surface area contributed by atoms with Gasteiger partial charge in [-0.15, -0.1) is 0 Å². The third-order valence-corrected chi connectivity index (χ3v) is 4.89. The van der Waals surface area contributed by atoms with Gasteiger partial charge in [0.25, 0.3) is 0 Å². The number of nitrogens with zero attached hydrogens (tertiary/aromatic N) is 1. The Hall–Kier alpha value is -0.820. The molecule has 7 heteroatoms. The summed E-state index contributed by atoms with van der Waals surface area (Å²) in [6, 6.07) is 0. The number of sulfone groups is 1. The number of anilines is 2. The van der Waals surface area contributed by atoms with Crippen LogP contribution in [0.25, 0.3) is 0 Å². The summed E-state index contributed by atoms with van der Waals surface area (Å²) in [6.07, 6.45) is 0. The molecule has 3 N–H and O–H groups in total. The predicted molar refractivity (Wildman–Crippen MR) is 72.2 cm³/mol. The van der Waals surface area contributed by atoms with Gasteiger partial charge in [-0.1, -0.05) is 27.7 Å². The van der Waals surface area contributed by atoms with E-state index in [1.54, 1.807) is 6.92 Å². The quantitative estimate of drug-likeness (QED) is 0.879. The summed E-state index contributed by atoms with van der Waals surface area (Å²) in [5.41, 5.74) is 5.68. The van der Waals surface area contributed by atoms with E-state index in [1.165, 1.54) is 0 Å². The lowest BCUT2D eigenvalue weighted by molar-refractivity contribution is 0.443. The summed E-state index contributed by atoms with van der Waals surface area (Å²) in [7, 11) is -3.32. The maximum atomic E-state index is 11.9. The van der Waals surface area contributed by atoms with Crippen molar-refractivity contribution < 1.29 is 8.42 Å². The first kappa shape index (κ1) is 14.2. The number of aromatic nitrogens is 1. The van der Waals surface area contributed by atoms with Crippen LogP contribution in [0.5, 0.6) is 0 Å². The predicted octanol–water partition coefficient (Wildman–Crippen LogP) is 1.98. The highest BCUT2D eigenvalue weighted by molar-refractivity contribution is 7.91. The van der Waals surface area contributed by atoms with Crippen molar-refractivity contribution in [3.8, 4) is 0 Å². The van der Waals surface area contributed by atoms with E-state index in [9.17, 15) is 8.42 Å². The summed E-state index contributed by atoms with van der Waals surface area (Å²) in [5, 5.41) is 3.65. The molecule has 0 amide bonds. The zero-order valence-corrected chi connectivity index (χ0v) is 12.2. The number of rotatable bonds is 4. The Labute approximate surface area is 107 Å². The van der Waals surface area contributed by atoms with Gasteiger partial charge in [-0.25, -0.2) is 8.42 Å². The topological polar surface area (TPSA) is 85.1 Å². The largest absolute Gasteiger partial charge is 0.382 e. The van der Waals surface area contributed by atoms with E-state index in [0.29, 0.717) is 11.5 Å². The second-order valence-corrected chi connectivity index (χ2v) is 8.03. The van der Waals surface area contributed by atoms with E-state index in [2.05, 4.69) is 30.5 Å². The highest BCUT2D eigenvalue weighted by Crippen LogP contribution is 2.32. The Morgan fingerprint density at radius 3 is 2.47 bits per heavy atom. The molecule has 0 bridgehead atoms. The monoisotopic (exact) mass is 277 g/mol. The zero-order valence-electron chi connectivity index (χ0n) is 10.6. The fraction of sp³-hybridized carbons (Fsp3) is 0.700. The lowest BCUT2D eigenvalue weighted by atomic mass is 9.97. The van der Waals surface area contributed by atoms with Gasteiger partial charge in [0.05, 0.1) is 5.75 Å². The van der Waals surface area contributed by atoms with Crippen LogP contribution in [0, 0.1) is 5.41 Å². The third kappa shape index (κ3) is 3.57. The molecule has 1 heterocycles. The summed E-state index contributed by atoms with van der Waals surface area (Å²) in [5.74, 6) is 0.119. The van der Waals surface area contributed by atoms with E-state index in [1.807, 2.05) is 0 Å². The standard InChI is InChI=1S/C10H19N3O2S2/c1-5-17(14,15)7-8(11)13-16-9(7)12-6-10(2,3)4/h12H,5-6H2,1-4H3,(H2,11,13). The smallest absolute Gasteiger partial charge is 0.184 e. The molecule has 1 aromatic heterocycles. The lowest BCUT2D eigenvalue weighted by Crippen LogP contribution is -2.19. The van der Waals surface area contributed by atoms with Crippen LogP contribution in [0.3, 0.4) is 0 Å². The van der Waals surface area contributed by atoms with Crippen molar-refractivity contribution in [2.75, 3.05) is 23.3 Å². The molecule has 1 aromatic rings. The molecular formula is C10H19N3O2S2. The molecule has 0 aromatic carbocycles. The summed E-state index contributed by atoms with van der Waals surface area (Å²) >= 11 is 1.09. The molecule has 0 radical (unpaired) electrons. The first-order valence-electron chi connectivity index (χ1n) is 5.39. The molecule has 17 heavy (non-hydrogen) atoms. The van der Waals surface area contributed by atoms with Gasteiger partial charge in [0.2, 0.25) is 0 Å². The van der Waals surface area contributed by atoms with Crippen LogP contribution in [0.2, 0.25) is 0 Å². The van der Waals surface area contributed by atoms with Gasteiger partial charge in [-0.2, -0.15) is 4.37 Å². The average Bonchev–Trinajstić information content (AvgIpc) is 2.56. The molecule has 0 atom stereocenters. The first-order valence-corrected chi connectivity index (χ1v) is 7.81. The highest BCUT2D eigenvalue weighted by atomic mass is 32.2. The van der Waals surface area contributed by atoms with Gasteiger partial charge in [-0.3, -0.25) is 0 Å². The molecule has 0 saturated carbocycles. The van der Waals surface area contributed by atoms with Crippen LogP contribution in [-0.2, 0) is 9.84 Å². The van der Waals surface area contributed by atoms with Gasteiger partial charge >= 0.3 is 0 Å². The molecule has 0 aliphatic rings. The van der Waals surface area contributed by atoms with Crippen LogP contribution in [0.15, 0.2) is 4.90 Å². The van der Waals surface area contributed by atoms with Gasteiger partial charge in [0, 0.05) is 6.54 Å². The van der Waals surface area contributed by atoms with Crippen molar-refractivity contribution in [3.05, 3.63) is 0 Å². The number of hydrogen-bond donors (Lipinski definition) is 2. The van der Waals surface area contributed by atoms with E-state index in [-0.39, 0.29) is 21.9 Å². The first-order chi connectivity index (χ1) is 7.67. The van der Waals surface area contributed by atoms with Gasteiger partial charge in [0.1, 0.15) is 9.90 Å². The molecule has 5 nitrogen and oxygen atoms in total. The Morgan fingerprint density at radius 1 is 1.41 bits per heavy atom. The van der Waals surface area contributed by atoms with Gasteiger partial charge in [-0.05, 0) is 16.9 Å². The SMILES string of the molecule is CCS(=O)(=O)c1c(N)nsc1NCC(C)(C)C. The fourth-order valence-electron chi connectivity index (χ4n) is 1.20. The third-order valence-electron chi connectivity index (χ3n) is 2.14. The van der Waals surface area contributed by atoms with Crippen molar-refractivity contribution >= 4 is 32.2 Å². The van der Waals surface area contributed by atoms with Gasteiger partial charge in [0.15, 0.2) is 15.7 Å². The molecule has 0 fully saturated rings. The number of nitrogen functional groups attached to an aromatic ring is 1. The minimum atomic E-state index is -3.32. The zero-order chi connectivity index (χ0) is 13.3. The normalized spacial score (nSPS) is 12.7. The highest BCUT2D eigenvalue weighted by Gasteiger charge is 2.24. The second-order valence-electron chi connectivity index (χ2n) is 5.04. The number of hydrogen-bond acceptors (Lipinski definition) is 6. The minimum absolute atomic E-state index is 0.0276. The molecule has 0 aliphatic heterocycles. The van der Waals surface area contributed by atoms with E-state index in [0.717, 1.165) is 11.5 Å². The summed E-state index contributed by atoms with van der Waals surface area (Å²) in [4.78, 5) is 0.147. The Bertz CT molecular complexity index is 486. The molecular weight excluding hydrogens is 258 g/mol. The molecule has 0 saturated heterocycles. The Kier molecular flexibility index (Phi) is 4.03. The summed E-state index contributed by atoms with van der Waals surface area (Å²) < 4.78 is 27.7. The van der Waals surface area contributed by atoms with Crippen LogP contribution < -0.4 is 11.1 Å². The van der Waals surface area contributed by atoms with Crippen LogP contribution >= 0.6 is 11.5 Å². The van der Waals surface area contributed by atoms with E-state index >= 15 is 0 Å². The van der Waals surface area contributed by atoms with Crippen molar-refractivity contribution in [1.82, 2.24) is 4.37 Å². The molecule has 98 valence electrons.